The number of ether oxygens (including phenoxy) is 1. The number of anilines is 1. The molecule has 3 rings (SSSR count). The zero-order valence-electron chi connectivity index (χ0n) is 16.7. The van der Waals surface area contributed by atoms with Crippen molar-refractivity contribution in [3.8, 4) is 0 Å². The minimum atomic E-state index is -0.402. The van der Waals surface area contributed by atoms with E-state index in [-0.39, 0.29) is 12.6 Å². The van der Waals surface area contributed by atoms with Crippen LogP contribution >= 0.6 is 0 Å². The Morgan fingerprint density at radius 3 is 2.59 bits per heavy atom. The van der Waals surface area contributed by atoms with Crippen LogP contribution < -0.4 is 10.2 Å². The molecule has 1 fully saturated rings. The molecule has 154 valence electrons. The van der Waals surface area contributed by atoms with E-state index in [1.54, 1.807) is 6.92 Å². The Morgan fingerprint density at radius 1 is 1.28 bits per heavy atom. The highest BCUT2D eigenvalue weighted by Crippen LogP contribution is 2.17. The summed E-state index contributed by atoms with van der Waals surface area (Å²) in [5.74, 6) is 0.222. The van der Waals surface area contributed by atoms with Gasteiger partial charge in [-0.05, 0) is 25.3 Å². The first-order valence-corrected chi connectivity index (χ1v) is 10.0. The number of benzene rings is 1. The van der Waals surface area contributed by atoms with Crippen molar-refractivity contribution in [1.82, 2.24) is 15.3 Å². The second-order valence-electron chi connectivity index (χ2n) is 6.98. The molecule has 1 aliphatic rings. The summed E-state index contributed by atoms with van der Waals surface area (Å²) in [6.45, 7) is 3.79. The zero-order chi connectivity index (χ0) is 20.5. The Kier molecular flexibility index (Phi) is 7.72. The highest BCUT2D eigenvalue weighted by atomic mass is 16.5. The Balaban J connectivity index is 1.49. The lowest BCUT2D eigenvalue weighted by atomic mass is 10.0. The van der Waals surface area contributed by atoms with E-state index in [1.807, 2.05) is 42.5 Å². The molecule has 1 saturated heterocycles. The van der Waals surface area contributed by atoms with Gasteiger partial charge in [-0.2, -0.15) is 0 Å². The summed E-state index contributed by atoms with van der Waals surface area (Å²) in [5, 5.41) is 13.2. The van der Waals surface area contributed by atoms with Crippen molar-refractivity contribution in [1.29, 1.82) is 0 Å². The molecular formula is C22H28N4O3. The Hall–Kier alpha value is -2.77. The fourth-order valence-corrected chi connectivity index (χ4v) is 3.31. The van der Waals surface area contributed by atoms with Gasteiger partial charge in [0.25, 0.3) is 0 Å². The molecule has 29 heavy (non-hydrogen) atoms. The average Bonchev–Trinajstić information content (AvgIpc) is 2.78. The van der Waals surface area contributed by atoms with Crippen LogP contribution in [0.1, 0.15) is 35.7 Å². The predicted octanol–water partition coefficient (Wildman–Crippen LogP) is 2.29. The number of nitrogens with zero attached hydrogens (tertiary/aromatic N) is 3. The highest BCUT2D eigenvalue weighted by molar-refractivity contribution is 5.88. The van der Waals surface area contributed by atoms with E-state index < -0.39 is 5.97 Å². The molecule has 1 atom stereocenters. The molecule has 1 unspecified atom stereocenters. The van der Waals surface area contributed by atoms with Crippen molar-refractivity contribution in [3.63, 3.8) is 0 Å². The molecule has 1 aliphatic heterocycles. The van der Waals surface area contributed by atoms with Crippen molar-refractivity contribution in [2.24, 2.45) is 0 Å². The number of hydrogen-bond acceptors (Lipinski definition) is 7. The van der Waals surface area contributed by atoms with Crippen molar-refractivity contribution < 1.29 is 14.6 Å². The lowest BCUT2D eigenvalue weighted by Gasteiger charge is -2.33. The van der Waals surface area contributed by atoms with Gasteiger partial charge in [-0.25, -0.2) is 14.8 Å². The fourth-order valence-electron chi connectivity index (χ4n) is 3.31. The summed E-state index contributed by atoms with van der Waals surface area (Å²) < 4.78 is 4.96. The van der Waals surface area contributed by atoms with Gasteiger partial charge in [-0.1, -0.05) is 42.5 Å². The van der Waals surface area contributed by atoms with Crippen molar-refractivity contribution in [3.05, 3.63) is 59.9 Å². The molecule has 7 heteroatoms. The third-order valence-electron chi connectivity index (χ3n) is 4.89. The predicted molar refractivity (Wildman–Crippen MR) is 113 cm³/mol. The number of esters is 1. The number of rotatable bonds is 8. The molecule has 1 aromatic heterocycles. The molecule has 2 heterocycles. The van der Waals surface area contributed by atoms with Crippen molar-refractivity contribution in [2.45, 2.75) is 31.8 Å². The van der Waals surface area contributed by atoms with Crippen LogP contribution in [0.25, 0.3) is 6.08 Å². The number of carbonyl (C=O) groups excluding carboxylic acids is 1. The SMILES string of the molecule is CCOC(=O)c1cnc(N2CCC(NC(/C=C/c3ccccc3)CO)CC2)nc1. The van der Waals surface area contributed by atoms with Crippen molar-refractivity contribution in [2.75, 3.05) is 31.2 Å². The normalized spacial score (nSPS) is 16.1. The largest absolute Gasteiger partial charge is 0.462 e. The van der Waals surface area contributed by atoms with Gasteiger partial charge in [0.2, 0.25) is 5.95 Å². The van der Waals surface area contributed by atoms with E-state index >= 15 is 0 Å². The maximum atomic E-state index is 11.7. The summed E-state index contributed by atoms with van der Waals surface area (Å²) in [6.07, 6.45) is 8.93. The van der Waals surface area contributed by atoms with Gasteiger partial charge < -0.3 is 20.1 Å². The Bertz CT molecular complexity index is 787. The van der Waals surface area contributed by atoms with Gasteiger partial charge in [0.05, 0.1) is 18.8 Å². The van der Waals surface area contributed by atoms with Gasteiger partial charge in [-0.15, -0.1) is 0 Å². The van der Waals surface area contributed by atoms with Crippen molar-refractivity contribution >= 4 is 18.0 Å². The smallest absolute Gasteiger partial charge is 0.341 e. The van der Waals surface area contributed by atoms with Gasteiger partial charge in [0.1, 0.15) is 0 Å². The highest BCUT2D eigenvalue weighted by Gasteiger charge is 2.22. The Morgan fingerprint density at radius 2 is 1.97 bits per heavy atom. The molecule has 0 aliphatic carbocycles. The number of nitrogens with one attached hydrogen (secondary N) is 1. The average molecular weight is 396 g/mol. The third kappa shape index (κ3) is 6.10. The number of aliphatic hydroxyl groups is 1. The minimum absolute atomic E-state index is 0.0575. The molecule has 0 bridgehead atoms. The fraction of sp³-hybridized carbons (Fsp3) is 0.409. The minimum Gasteiger partial charge on any atom is -0.462 e. The van der Waals surface area contributed by atoms with Gasteiger partial charge in [0, 0.05) is 37.6 Å². The molecule has 0 amide bonds. The molecule has 0 radical (unpaired) electrons. The molecule has 0 saturated carbocycles. The maximum Gasteiger partial charge on any atom is 0.341 e. The number of aromatic nitrogens is 2. The summed E-state index contributed by atoms with van der Waals surface area (Å²) in [4.78, 5) is 22.4. The standard InChI is InChI=1S/C22H28N4O3/c1-2-29-21(28)18-14-23-22(24-15-18)26-12-10-19(11-13-26)25-20(16-27)9-8-17-6-4-3-5-7-17/h3-9,14-15,19-20,25,27H,2,10-13,16H2,1H3/b9-8+. The first-order valence-electron chi connectivity index (χ1n) is 10.0. The van der Waals surface area contributed by atoms with Crippen LogP contribution in [-0.4, -0.2) is 59.4 Å². The van der Waals surface area contributed by atoms with Gasteiger partial charge in [0.15, 0.2) is 0 Å². The number of carbonyl (C=O) groups is 1. The first-order chi connectivity index (χ1) is 14.2. The maximum absolute atomic E-state index is 11.7. The quantitative estimate of drug-likeness (QED) is 0.662. The van der Waals surface area contributed by atoms with E-state index in [0.29, 0.717) is 24.2 Å². The van der Waals surface area contributed by atoms with E-state index in [0.717, 1.165) is 31.5 Å². The molecule has 1 aromatic carbocycles. The zero-order valence-corrected chi connectivity index (χ0v) is 16.7. The summed E-state index contributed by atoms with van der Waals surface area (Å²) in [5.41, 5.74) is 1.48. The monoisotopic (exact) mass is 396 g/mol. The van der Waals surface area contributed by atoms with Gasteiger partial charge >= 0.3 is 5.97 Å². The lowest BCUT2D eigenvalue weighted by Crippen LogP contribution is -2.47. The van der Waals surface area contributed by atoms with E-state index in [1.165, 1.54) is 12.4 Å². The second kappa shape index (κ2) is 10.7. The second-order valence-corrected chi connectivity index (χ2v) is 6.98. The summed E-state index contributed by atoms with van der Waals surface area (Å²) >= 11 is 0. The van der Waals surface area contributed by atoms with Gasteiger partial charge in [-0.3, -0.25) is 0 Å². The molecule has 2 N–H and O–H groups in total. The first kappa shape index (κ1) is 21.0. The number of piperidine rings is 1. The molecule has 2 aromatic rings. The van der Waals surface area contributed by atoms with Crippen LogP contribution in [0, 0.1) is 0 Å². The summed E-state index contributed by atoms with van der Waals surface area (Å²) in [7, 11) is 0. The van der Waals surface area contributed by atoms with E-state index in [4.69, 9.17) is 4.74 Å². The van der Waals surface area contributed by atoms with Crippen LogP contribution in [0.15, 0.2) is 48.8 Å². The van der Waals surface area contributed by atoms with Crippen LogP contribution in [0.5, 0.6) is 0 Å². The number of hydrogen-bond donors (Lipinski definition) is 2. The van der Waals surface area contributed by atoms with Crippen LogP contribution in [0.2, 0.25) is 0 Å². The Labute approximate surface area is 171 Å². The van der Waals surface area contributed by atoms with Crippen LogP contribution in [-0.2, 0) is 4.74 Å². The van der Waals surface area contributed by atoms with Crippen LogP contribution in [0.3, 0.4) is 0 Å². The summed E-state index contributed by atoms with van der Waals surface area (Å²) in [6, 6.07) is 10.3. The van der Waals surface area contributed by atoms with E-state index in [9.17, 15) is 9.90 Å². The lowest BCUT2D eigenvalue weighted by molar-refractivity contribution is 0.0525. The molecular weight excluding hydrogens is 368 g/mol. The third-order valence-corrected chi connectivity index (χ3v) is 4.89. The molecule has 0 spiro atoms. The van der Waals surface area contributed by atoms with Crippen LogP contribution in [0.4, 0.5) is 5.95 Å². The number of aliphatic hydroxyl groups excluding tert-OH is 1. The molecule has 7 nitrogen and oxygen atoms in total. The van der Waals surface area contributed by atoms with E-state index in [2.05, 4.69) is 20.2 Å². The topological polar surface area (TPSA) is 87.6 Å².